The highest BCUT2D eigenvalue weighted by Crippen LogP contribution is 2.22. The first-order valence-corrected chi connectivity index (χ1v) is 6.83. The second kappa shape index (κ2) is 4.12. The molecule has 1 aliphatic rings. The summed E-state index contributed by atoms with van der Waals surface area (Å²) in [6, 6.07) is 7.15. The van der Waals surface area contributed by atoms with Crippen molar-refractivity contribution in [2.45, 2.75) is 24.6 Å². The summed E-state index contributed by atoms with van der Waals surface area (Å²) >= 11 is 5.89. The molecule has 1 aromatic carbocycles. The van der Waals surface area contributed by atoms with E-state index in [2.05, 4.69) is 4.72 Å². The molecular weight excluding hydrogens is 234 g/mol. The lowest BCUT2D eigenvalue weighted by molar-refractivity contribution is 0.580. The fourth-order valence-electron chi connectivity index (χ4n) is 1.32. The van der Waals surface area contributed by atoms with Gasteiger partial charge in [-0.2, -0.15) is 0 Å². The van der Waals surface area contributed by atoms with E-state index in [9.17, 15) is 8.42 Å². The summed E-state index contributed by atoms with van der Waals surface area (Å²) in [5.74, 6) is -0.0385. The largest absolute Gasteiger partial charge is 0.216 e. The molecule has 0 saturated heterocycles. The number of halogens is 1. The zero-order valence-electron chi connectivity index (χ0n) is 8.11. The molecule has 3 nitrogen and oxygen atoms in total. The molecule has 1 N–H and O–H groups in total. The van der Waals surface area contributed by atoms with Crippen LogP contribution in [0.3, 0.4) is 0 Å². The summed E-state index contributed by atoms with van der Waals surface area (Å²) in [6.07, 6.45) is 1.89. The maximum absolute atomic E-state index is 11.6. The summed E-state index contributed by atoms with van der Waals surface area (Å²) in [7, 11) is -3.23. The molecule has 1 aromatic rings. The Morgan fingerprint density at radius 3 is 2.60 bits per heavy atom. The third-order valence-electron chi connectivity index (χ3n) is 2.23. The highest BCUT2D eigenvalue weighted by Gasteiger charge is 2.27. The number of nitrogens with one attached hydrogen (secondary N) is 1. The van der Waals surface area contributed by atoms with Gasteiger partial charge >= 0.3 is 0 Å². The first kappa shape index (κ1) is 10.9. The zero-order valence-corrected chi connectivity index (χ0v) is 9.68. The SMILES string of the molecule is O=S(=O)(Cc1ccccc1Cl)NC1CC1. The predicted octanol–water partition coefficient (Wildman–Crippen LogP) is 1.92. The monoisotopic (exact) mass is 245 g/mol. The Bertz CT molecular complexity index is 454. The lowest BCUT2D eigenvalue weighted by Crippen LogP contribution is -2.27. The molecule has 0 unspecified atom stereocenters. The van der Waals surface area contributed by atoms with Crippen LogP contribution in [0.25, 0.3) is 0 Å². The van der Waals surface area contributed by atoms with E-state index in [0.717, 1.165) is 12.8 Å². The third kappa shape index (κ3) is 3.19. The van der Waals surface area contributed by atoms with Gasteiger partial charge in [0.1, 0.15) is 0 Å². The van der Waals surface area contributed by atoms with Crippen LogP contribution in [0.4, 0.5) is 0 Å². The molecule has 5 heteroatoms. The van der Waals surface area contributed by atoms with Crippen molar-refractivity contribution in [3.63, 3.8) is 0 Å². The molecule has 1 fully saturated rings. The third-order valence-corrected chi connectivity index (χ3v) is 3.98. The van der Waals surface area contributed by atoms with Crippen LogP contribution in [0.2, 0.25) is 5.02 Å². The van der Waals surface area contributed by atoms with Crippen LogP contribution in [0.5, 0.6) is 0 Å². The van der Waals surface area contributed by atoms with Crippen LogP contribution in [0.1, 0.15) is 18.4 Å². The maximum Gasteiger partial charge on any atom is 0.216 e. The van der Waals surface area contributed by atoms with Gasteiger partial charge in [-0.3, -0.25) is 0 Å². The van der Waals surface area contributed by atoms with Crippen molar-refractivity contribution in [1.82, 2.24) is 4.72 Å². The molecule has 82 valence electrons. The molecule has 1 aliphatic carbocycles. The summed E-state index contributed by atoms with van der Waals surface area (Å²) in [4.78, 5) is 0. The van der Waals surface area contributed by atoms with Crippen LogP contribution in [-0.4, -0.2) is 14.5 Å². The van der Waals surface area contributed by atoms with Crippen molar-refractivity contribution < 1.29 is 8.42 Å². The van der Waals surface area contributed by atoms with Gasteiger partial charge in [-0.1, -0.05) is 29.8 Å². The molecule has 0 atom stereocenters. The first-order chi connectivity index (χ1) is 7.07. The molecule has 0 spiro atoms. The van der Waals surface area contributed by atoms with Crippen molar-refractivity contribution in [3.8, 4) is 0 Å². The van der Waals surface area contributed by atoms with Crippen molar-refractivity contribution >= 4 is 21.6 Å². The van der Waals surface area contributed by atoms with Crippen LogP contribution in [-0.2, 0) is 15.8 Å². The highest BCUT2D eigenvalue weighted by molar-refractivity contribution is 7.88. The standard InChI is InChI=1S/C10H12ClNO2S/c11-10-4-2-1-3-8(10)7-15(13,14)12-9-5-6-9/h1-4,9,12H,5-7H2. The van der Waals surface area contributed by atoms with E-state index in [0.29, 0.717) is 10.6 Å². The topological polar surface area (TPSA) is 46.2 Å². The van der Waals surface area contributed by atoms with Gasteiger partial charge in [0.05, 0.1) is 5.75 Å². The van der Waals surface area contributed by atoms with Gasteiger partial charge in [-0.25, -0.2) is 13.1 Å². The number of rotatable bonds is 4. The summed E-state index contributed by atoms with van der Waals surface area (Å²) < 4.78 is 25.9. The van der Waals surface area contributed by atoms with E-state index in [4.69, 9.17) is 11.6 Å². The number of hydrogen-bond acceptors (Lipinski definition) is 2. The normalized spacial score (nSPS) is 16.6. The number of sulfonamides is 1. The van der Waals surface area contributed by atoms with E-state index in [1.165, 1.54) is 0 Å². The first-order valence-electron chi connectivity index (χ1n) is 4.80. The Kier molecular flexibility index (Phi) is 3.00. The Labute approximate surface area is 94.5 Å². The Morgan fingerprint density at radius 2 is 2.00 bits per heavy atom. The minimum atomic E-state index is -3.23. The van der Waals surface area contributed by atoms with Gasteiger partial charge in [0.15, 0.2) is 0 Å². The summed E-state index contributed by atoms with van der Waals surface area (Å²) in [6.45, 7) is 0. The summed E-state index contributed by atoms with van der Waals surface area (Å²) in [5, 5.41) is 0.499. The van der Waals surface area contributed by atoms with Gasteiger partial charge < -0.3 is 0 Å². The molecule has 0 aliphatic heterocycles. The van der Waals surface area contributed by atoms with Crippen LogP contribution < -0.4 is 4.72 Å². The molecular formula is C10H12ClNO2S. The van der Waals surface area contributed by atoms with Gasteiger partial charge in [0, 0.05) is 11.1 Å². The lowest BCUT2D eigenvalue weighted by Gasteiger charge is -2.06. The Morgan fingerprint density at radius 1 is 1.33 bits per heavy atom. The fraction of sp³-hybridized carbons (Fsp3) is 0.400. The van der Waals surface area contributed by atoms with Crippen LogP contribution in [0, 0.1) is 0 Å². The van der Waals surface area contributed by atoms with E-state index in [1.807, 2.05) is 0 Å². The van der Waals surface area contributed by atoms with Gasteiger partial charge in [0.25, 0.3) is 0 Å². The number of hydrogen-bond donors (Lipinski definition) is 1. The molecule has 0 radical (unpaired) electrons. The smallest absolute Gasteiger partial charge is 0.212 e. The van der Waals surface area contributed by atoms with Crippen molar-refractivity contribution in [1.29, 1.82) is 0 Å². The predicted molar refractivity (Wildman–Crippen MR) is 60.2 cm³/mol. The molecule has 15 heavy (non-hydrogen) atoms. The molecule has 0 aromatic heterocycles. The Balaban J connectivity index is 2.10. The maximum atomic E-state index is 11.6. The van der Waals surface area contributed by atoms with Crippen LogP contribution >= 0.6 is 11.6 Å². The van der Waals surface area contributed by atoms with Gasteiger partial charge in [-0.05, 0) is 24.5 Å². The van der Waals surface area contributed by atoms with Gasteiger partial charge in [0.2, 0.25) is 10.0 Å². The molecule has 2 rings (SSSR count). The average molecular weight is 246 g/mol. The van der Waals surface area contributed by atoms with Crippen LogP contribution in [0.15, 0.2) is 24.3 Å². The lowest BCUT2D eigenvalue weighted by atomic mass is 10.2. The zero-order chi connectivity index (χ0) is 10.9. The Hall–Kier alpha value is -0.580. The molecule has 0 amide bonds. The second-order valence-corrected chi connectivity index (χ2v) is 5.90. The van der Waals surface area contributed by atoms with Crippen molar-refractivity contribution in [3.05, 3.63) is 34.9 Å². The quantitative estimate of drug-likeness (QED) is 0.881. The molecule has 0 heterocycles. The van der Waals surface area contributed by atoms with E-state index >= 15 is 0 Å². The average Bonchev–Trinajstić information content (AvgIpc) is 2.91. The number of benzene rings is 1. The van der Waals surface area contributed by atoms with E-state index in [1.54, 1.807) is 24.3 Å². The summed E-state index contributed by atoms with van der Waals surface area (Å²) in [5.41, 5.74) is 0.646. The van der Waals surface area contributed by atoms with Crippen molar-refractivity contribution in [2.24, 2.45) is 0 Å². The minimum absolute atomic E-state index is 0.0385. The van der Waals surface area contributed by atoms with E-state index in [-0.39, 0.29) is 11.8 Å². The highest BCUT2D eigenvalue weighted by atomic mass is 35.5. The minimum Gasteiger partial charge on any atom is -0.212 e. The van der Waals surface area contributed by atoms with Crippen molar-refractivity contribution in [2.75, 3.05) is 0 Å². The second-order valence-electron chi connectivity index (χ2n) is 3.74. The fourth-order valence-corrected chi connectivity index (χ4v) is 3.09. The van der Waals surface area contributed by atoms with E-state index < -0.39 is 10.0 Å². The molecule has 0 bridgehead atoms. The molecule has 1 saturated carbocycles. The van der Waals surface area contributed by atoms with Gasteiger partial charge in [-0.15, -0.1) is 0 Å².